The number of ether oxygens (including phenoxy) is 1. The minimum absolute atomic E-state index is 0.337. The fourth-order valence-corrected chi connectivity index (χ4v) is 1.49. The first kappa shape index (κ1) is 12.0. The lowest BCUT2D eigenvalue weighted by Gasteiger charge is -2.04. The van der Waals surface area contributed by atoms with Crippen molar-refractivity contribution in [2.24, 2.45) is 4.99 Å². The largest absolute Gasteiger partial charge is 0.426 e. The minimum Gasteiger partial charge on any atom is -0.426 e. The highest BCUT2D eigenvalue weighted by molar-refractivity contribution is 5.86. The van der Waals surface area contributed by atoms with E-state index in [2.05, 4.69) is 4.99 Å². The first-order valence-corrected chi connectivity index (χ1v) is 5.62. The van der Waals surface area contributed by atoms with Crippen molar-refractivity contribution >= 4 is 17.9 Å². The summed E-state index contributed by atoms with van der Waals surface area (Å²) in [6.45, 7) is 1.38. The molecule has 0 spiro atoms. The topological polar surface area (TPSA) is 38.7 Å². The molecule has 0 unspecified atom stereocenters. The van der Waals surface area contributed by atoms with Crippen molar-refractivity contribution in [3.8, 4) is 5.75 Å². The third-order valence-electron chi connectivity index (χ3n) is 2.28. The van der Waals surface area contributed by atoms with Crippen LogP contribution in [0.5, 0.6) is 5.75 Å². The van der Waals surface area contributed by atoms with Gasteiger partial charge in [0.1, 0.15) is 5.75 Å². The molecular formula is C15H13NO2. The van der Waals surface area contributed by atoms with E-state index in [1.165, 1.54) is 6.92 Å². The number of nitrogens with zero attached hydrogens (tertiary/aromatic N) is 1. The predicted octanol–water partition coefficient (Wildman–Crippen LogP) is 3.36. The van der Waals surface area contributed by atoms with E-state index in [-0.39, 0.29) is 5.97 Å². The van der Waals surface area contributed by atoms with Gasteiger partial charge in [-0.25, -0.2) is 0 Å². The lowest BCUT2D eigenvalue weighted by Crippen LogP contribution is -2.03. The van der Waals surface area contributed by atoms with Crippen molar-refractivity contribution in [2.45, 2.75) is 6.92 Å². The van der Waals surface area contributed by atoms with Crippen molar-refractivity contribution < 1.29 is 9.53 Å². The normalized spacial score (nSPS) is 10.5. The van der Waals surface area contributed by atoms with E-state index in [4.69, 9.17) is 4.74 Å². The maximum atomic E-state index is 11.0. The molecular weight excluding hydrogens is 226 g/mol. The first-order valence-electron chi connectivity index (χ1n) is 5.62. The number of hydrogen-bond acceptors (Lipinski definition) is 3. The second kappa shape index (κ2) is 5.77. The van der Waals surface area contributed by atoms with Gasteiger partial charge in [-0.2, -0.15) is 0 Å². The third-order valence-corrected chi connectivity index (χ3v) is 2.28. The maximum Gasteiger partial charge on any atom is 0.308 e. The minimum atomic E-state index is -0.337. The number of para-hydroxylation sites is 2. The van der Waals surface area contributed by atoms with Gasteiger partial charge in [-0.15, -0.1) is 0 Å². The van der Waals surface area contributed by atoms with Crippen LogP contribution in [0.4, 0.5) is 5.69 Å². The Hall–Kier alpha value is -2.42. The van der Waals surface area contributed by atoms with Crippen LogP contribution in [0.2, 0.25) is 0 Å². The highest BCUT2D eigenvalue weighted by Crippen LogP contribution is 2.17. The van der Waals surface area contributed by atoms with E-state index in [9.17, 15) is 4.79 Å². The molecule has 0 atom stereocenters. The summed E-state index contributed by atoms with van der Waals surface area (Å²) in [6.07, 6.45) is 1.69. The Balaban J connectivity index is 2.23. The van der Waals surface area contributed by atoms with Gasteiger partial charge in [-0.05, 0) is 24.3 Å². The van der Waals surface area contributed by atoms with Gasteiger partial charge in [-0.3, -0.25) is 9.79 Å². The summed E-state index contributed by atoms with van der Waals surface area (Å²) in [4.78, 5) is 15.3. The highest BCUT2D eigenvalue weighted by atomic mass is 16.5. The van der Waals surface area contributed by atoms with Gasteiger partial charge in [0.25, 0.3) is 0 Å². The number of aliphatic imine (C=N–C) groups is 1. The molecule has 3 nitrogen and oxygen atoms in total. The van der Waals surface area contributed by atoms with Crippen LogP contribution in [0.3, 0.4) is 0 Å². The summed E-state index contributed by atoms with van der Waals surface area (Å²) in [7, 11) is 0. The lowest BCUT2D eigenvalue weighted by atomic mass is 10.2. The highest BCUT2D eigenvalue weighted by Gasteiger charge is 2.02. The fraction of sp³-hybridized carbons (Fsp3) is 0.0667. The molecule has 0 aliphatic heterocycles. The van der Waals surface area contributed by atoms with Crippen LogP contribution in [0.1, 0.15) is 12.5 Å². The van der Waals surface area contributed by atoms with Gasteiger partial charge in [-0.1, -0.05) is 30.3 Å². The fourth-order valence-electron chi connectivity index (χ4n) is 1.49. The molecule has 0 aromatic heterocycles. The van der Waals surface area contributed by atoms with E-state index in [1.54, 1.807) is 12.3 Å². The Morgan fingerprint density at radius 1 is 1.06 bits per heavy atom. The molecule has 0 aliphatic carbocycles. The van der Waals surface area contributed by atoms with Gasteiger partial charge in [0.2, 0.25) is 0 Å². The van der Waals surface area contributed by atoms with E-state index in [0.29, 0.717) is 5.75 Å². The molecule has 0 amide bonds. The number of carbonyl (C=O) groups excluding carboxylic acids is 1. The second-order valence-corrected chi connectivity index (χ2v) is 3.73. The molecule has 0 N–H and O–H groups in total. The molecule has 3 heteroatoms. The summed E-state index contributed by atoms with van der Waals surface area (Å²) >= 11 is 0. The summed E-state index contributed by atoms with van der Waals surface area (Å²) in [5.41, 5.74) is 1.63. The monoisotopic (exact) mass is 239 g/mol. The Labute approximate surface area is 106 Å². The number of rotatable bonds is 3. The van der Waals surface area contributed by atoms with Crippen molar-refractivity contribution in [3.63, 3.8) is 0 Å². The zero-order valence-corrected chi connectivity index (χ0v) is 10.0. The Bertz CT molecular complexity index is 562. The van der Waals surface area contributed by atoms with Gasteiger partial charge < -0.3 is 4.74 Å². The zero-order valence-electron chi connectivity index (χ0n) is 10.0. The molecule has 2 rings (SSSR count). The Kier molecular flexibility index (Phi) is 3.86. The number of esters is 1. The smallest absolute Gasteiger partial charge is 0.308 e. The average Bonchev–Trinajstić information content (AvgIpc) is 2.38. The Morgan fingerprint density at radius 3 is 2.44 bits per heavy atom. The van der Waals surface area contributed by atoms with Crippen LogP contribution < -0.4 is 4.74 Å². The van der Waals surface area contributed by atoms with E-state index in [1.807, 2.05) is 48.5 Å². The summed E-state index contributed by atoms with van der Waals surface area (Å²) in [5.74, 6) is 0.181. The van der Waals surface area contributed by atoms with Crippen molar-refractivity contribution in [2.75, 3.05) is 0 Å². The molecule has 0 saturated heterocycles. The van der Waals surface area contributed by atoms with Crippen LogP contribution in [-0.4, -0.2) is 12.2 Å². The predicted molar refractivity (Wildman–Crippen MR) is 71.4 cm³/mol. The van der Waals surface area contributed by atoms with Gasteiger partial charge in [0.05, 0.1) is 5.69 Å². The number of carbonyl (C=O) groups is 1. The van der Waals surface area contributed by atoms with Gasteiger partial charge in [0.15, 0.2) is 0 Å². The number of hydrogen-bond donors (Lipinski definition) is 0. The lowest BCUT2D eigenvalue weighted by molar-refractivity contribution is -0.131. The zero-order chi connectivity index (χ0) is 12.8. The average molecular weight is 239 g/mol. The number of benzene rings is 2. The van der Waals surface area contributed by atoms with Crippen molar-refractivity contribution in [1.29, 1.82) is 0 Å². The van der Waals surface area contributed by atoms with Crippen LogP contribution in [-0.2, 0) is 4.79 Å². The van der Waals surface area contributed by atoms with Gasteiger partial charge >= 0.3 is 5.97 Å². The molecule has 0 radical (unpaired) electrons. The molecule has 0 heterocycles. The van der Waals surface area contributed by atoms with E-state index >= 15 is 0 Å². The van der Waals surface area contributed by atoms with E-state index < -0.39 is 0 Å². The summed E-state index contributed by atoms with van der Waals surface area (Å²) in [6, 6.07) is 16.9. The van der Waals surface area contributed by atoms with Crippen LogP contribution in [0.25, 0.3) is 0 Å². The third kappa shape index (κ3) is 3.28. The molecule has 0 fully saturated rings. The van der Waals surface area contributed by atoms with E-state index in [0.717, 1.165) is 11.3 Å². The van der Waals surface area contributed by atoms with Crippen molar-refractivity contribution in [3.05, 3.63) is 60.2 Å². The molecule has 90 valence electrons. The second-order valence-electron chi connectivity index (χ2n) is 3.73. The molecule has 2 aromatic rings. The molecule has 18 heavy (non-hydrogen) atoms. The van der Waals surface area contributed by atoms with Crippen molar-refractivity contribution in [1.82, 2.24) is 0 Å². The van der Waals surface area contributed by atoms with Crippen LogP contribution in [0.15, 0.2) is 59.6 Å². The molecule has 2 aromatic carbocycles. The first-order chi connectivity index (χ1) is 8.75. The summed E-state index contributed by atoms with van der Waals surface area (Å²) in [5, 5.41) is 0. The maximum absolute atomic E-state index is 11.0. The van der Waals surface area contributed by atoms with Crippen LogP contribution in [0, 0.1) is 0 Å². The summed E-state index contributed by atoms with van der Waals surface area (Å²) < 4.78 is 5.10. The Morgan fingerprint density at radius 2 is 1.72 bits per heavy atom. The molecule has 0 saturated carbocycles. The van der Waals surface area contributed by atoms with Crippen LogP contribution >= 0.6 is 0 Å². The quantitative estimate of drug-likeness (QED) is 0.468. The standard InChI is InChI=1S/C15H13NO2/c1-12(17)18-15-10-6-5-7-13(15)11-16-14-8-3-2-4-9-14/h2-11H,1H3. The SMILES string of the molecule is CC(=O)Oc1ccccc1C=Nc1ccccc1. The molecule has 0 aliphatic rings. The van der Waals surface area contributed by atoms with Gasteiger partial charge in [0, 0.05) is 18.7 Å². The molecule has 0 bridgehead atoms.